The monoisotopic (exact) mass is 175 g/mol. The van der Waals surface area contributed by atoms with E-state index in [1.54, 1.807) is 0 Å². The van der Waals surface area contributed by atoms with Crippen molar-refractivity contribution in [1.82, 2.24) is 4.57 Å². The van der Waals surface area contributed by atoms with Crippen LogP contribution in [-0.2, 0) is 0 Å². The lowest BCUT2D eigenvalue weighted by molar-refractivity contribution is 0.289. The maximum absolute atomic E-state index is 2.35. The molecule has 0 radical (unpaired) electrons. The predicted octanol–water partition coefficient (Wildman–Crippen LogP) is 3.26. The van der Waals surface area contributed by atoms with E-state index in [2.05, 4.69) is 55.1 Å². The van der Waals surface area contributed by atoms with Crippen molar-refractivity contribution in [1.29, 1.82) is 0 Å². The van der Waals surface area contributed by atoms with Gasteiger partial charge < -0.3 is 4.57 Å². The van der Waals surface area contributed by atoms with Crippen LogP contribution in [0.25, 0.3) is 0 Å². The molecule has 2 rings (SSSR count). The fraction of sp³-hybridized carbons (Fsp3) is 0.500. The fourth-order valence-corrected chi connectivity index (χ4v) is 2.08. The van der Waals surface area contributed by atoms with Gasteiger partial charge in [-0.05, 0) is 30.4 Å². The van der Waals surface area contributed by atoms with Crippen LogP contribution in [0, 0.1) is 11.8 Å². The van der Waals surface area contributed by atoms with Gasteiger partial charge in [0.15, 0.2) is 0 Å². The molecule has 3 unspecified atom stereocenters. The first-order chi connectivity index (χ1) is 6.29. The largest absolute Gasteiger partial charge is 0.347 e. The van der Waals surface area contributed by atoms with Crippen molar-refractivity contribution in [2.75, 3.05) is 0 Å². The van der Waals surface area contributed by atoms with Gasteiger partial charge in [-0.2, -0.15) is 0 Å². The highest BCUT2D eigenvalue weighted by Crippen LogP contribution is 2.32. The Kier molecular flexibility index (Phi) is 2.26. The van der Waals surface area contributed by atoms with Gasteiger partial charge >= 0.3 is 0 Å². The smallest absolute Gasteiger partial charge is 0.0538 e. The van der Waals surface area contributed by atoms with E-state index in [0.29, 0.717) is 6.04 Å². The van der Waals surface area contributed by atoms with Gasteiger partial charge in [0.1, 0.15) is 0 Å². The second-order valence-electron chi connectivity index (χ2n) is 4.12. The molecule has 0 fully saturated rings. The summed E-state index contributed by atoms with van der Waals surface area (Å²) in [5, 5.41) is 0. The highest BCUT2D eigenvalue weighted by molar-refractivity contribution is 5.05. The van der Waals surface area contributed by atoms with Gasteiger partial charge in [0.25, 0.3) is 0 Å². The van der Waals surface area contributed by atoms with Crippen LogP contribution in [0.15, 0.2) is 36.7 Å². The summed E-state index contributed by atoms with van der Waals surface area (Å²) in [6, 6.07) is 4.76. The lowest BCUT2D eigenvalue weighted by Gasteiger charge is -2.31. The maximum Gasteiger partial charge on any atom is 0.0538 e. The predicted molar refractivity (Wildman–Crippen MR) is 55.6 cm³/mol. The molecule has 0 saturated heterocycles. The van der Waals surface area contributed by atoms with Crippen LogP contribution in [0.4, 0.5) is 0 Å². The topological polar surface area (TPSA) is 4.93 Å². The molecular weight excluding hydrogens is 158 g/mol. The van der Waals surface area contributed by atoms with E-state index < -0.39 is 0 Å². The standard InChI is InChI=1S/C12H17N/c1-10-6-5-7-12(11(10)2)13-8-3-4-9-13/h3-5,7-12H,6H2,1-2H3. The van der Waals surface area contributed by atoms with Gasteiger partial charge in [-0.1, -0.05) is 26.0 Å². The minimum absolute atomic E-state index is 0.568. The van der Waals surface area contributed by atoms with E-state index in [0.717, 1.165) is 11.8 Å². The van der Waals surface area contributed by atoms with E-state index in [1.807, 2.05) is 0 Å². The zero-order chi connectivity index (χ0) is 9.26. The summed E-state index contributed by atoms with van der Waals surface area (Å²) in [7, 11) is 0. The van der Waals surface area contributed by atoms with E-state index in [-0.39, 0.29) is 0 Å². The molecule has 70 valence electrons. The first-order valence-electron chi connectivity index (χ1n) is 5.08. The lowest BCUT2D eigenvalue weighted by atomic mass is 9.82. The van der Waals surface area contributed by atoms with Crippen LogP contribution >= 0.6 is 0 Å². The van der Waals surface area contributed by atoms with Crippen molar-refractivity contribution >= 4 is 0 Å². The van der Waals surface area contributed by atoms with Gasteiger partial charge in [0, 0.05) is 12.4 Å². The Morgan fingerprint density at radius 2 is 1.85 bits per heavy atom. The number of rotatable bonds is 1. The maximum atomic E-state index is 2.35. The van der Waals surface area contributed by atoms with E-state index in [9.17, 15) is 0 Å². The average molecular weight is 175 g/mol. The van der Waals surface area contributed by atoms with Crippen molar-refractivity contribution in [3.8, 4) is 0 Å². The van der Waals surface area contributed by atoms with Gasteiger partial charge in [-0.3, -0.25) is 0 Å². The van der Waals surface area contributed by atoms with Crippen molar-refractivity contribution in [3.05, 3.63) is 36.7 Å². The quantitative estimate of drug-likeness (QED) is 0.577. The van der Waals surface area contributed by atoms with Crippen molar-refractivity contribution in [3.63, 3.8) is 0 Å². The molecule has 3 atom stereocenters. The summed E-state index contributed by atoms with van der Waals surface area (Å²) in [4.78, 5) is 0. The van der Waals surface area contributed by atoms with Crippen LogP contribution in [-0.4, -0.2) is 4.57 Å². The molecule has 1 aliphatic carbocycles. The third-order valence-electron chi connectivity index (χ3n) is 3.25. The molecule has 0 bridgehead atoms. The Balaban J connectivity index is 2.24. The van der Waals surface area contributed by atoms with E-state index in [1.165, 1.54) is 6.42 Å². The molecule has 1 heterocycles. The molecule has 0 aromatic carbocycles. The minimum atomic E-state index is 0.568. The van der Waals surface area contributed by atoms with Gasteiger partial charge in [-0.15, -0.1) is 0 Å². The second-order valence-corrected chi connectivity index (χ2v) is 4.12. The minimum Gasteiger partial charge on any atom is -0.347 e. The summed E-state index contributed by atoms with van der Waals surface area (Å²) in [6.45, 7) is 4.68. The summed E-state index contributed by atoms with van der Waals surface area (Å²) in [6.07, 6.45) is 10.2. The number of aromatic nitrogens is 1. The number of allylic oxidation sites excluding steroid dienone is 2. The van der Waals surface area contributed by atoms with Crippen LogP contribution in [0.1, 0.15) is 26.3 Å². The van der Waals surface area contributed by atoms with E-state index >= 15 is 0 Å². The van der Waals surface area contributed by atoms with Crippen molar-refractivity contribution < 1.29 is 0 Å². The summed E-state index contributed by atoms with van der Waals surface area (Å²) < 4.78 is 2.30. The Hall–Kier alpha value is -0.980. The first kappa shape index (κ1) is 8.61. The number of hydrogen-bond donors (Lipinski definition) is 0. The second kappa shape index (κ2) is 3.41. The molecule has 0 amide bonds. The van der Waals surface area contributed by atoms with Gasteiger partial charge in [0.05, 0.1) is 6.04 Å². The Labute approximate surface area is 80.1 Å². The number of nitrogens with zero attached hydrogens (tertiary/aromatic N) is 1. The van der Waals surface area contributed by atoms with Crippen molar-refractivity contribution in [2.45, 2.75) is 26.3 Å². The SMILES string of the molecule is CC1CC=CC(n2cccc2)C1C. The van der Waals surface area contributed by atoms with Crippen LogP contribution in [0.5, 0.6) is 0 Å². The van der Waals surface area contributed by atoms with Crippen molar-refractivity contribution in [2.24, 2.45) is 11.8 Å². The number of hydrogen-bond acceptors (Lipinski definition) is 0. The van der Waals surface area contributed by atoms with E-state index in [4.69, 9.17) is 0 Å². The summed E-state index contributed by atoms with van der Waals surface area (Å²) >= 11 is 0. The highest BCUT2D eigenvalue weighted by atomic mass is 15.0. The highest BCUT2D eigenvalue weighted by Gasteiger charge is 2.23. The molecule has 1 nitrogen and oxygen atoms in total. The molecule has 1 heteroatoms. The molecule has 1 aromatic heterocycles. The molecule has 0 aliphatic heterocycles. The molecule has 1 aromatic rings. The van der Waals surface area contributed by atoms with Crippen LogP contribution in [0.3, 0.4) is 0 Å². The average Bonchev–Trinajstić information content (AvgIpc) is 2.62. The summed E-state index contributed by atoms with van der Waals surface area (Å²) in [5.74, 6) is 1.55. The zero-order valence-electron chi connectivity index (χ0n) is 8.35. The Morgan fingerprint density at radius 3 is 2.54 bits per heavy atom. The molecule has 0 spiro atoms. The Morgan fingerprint density at radius 1 is 1.15 bits per heavy atom. The van der Waals surface area contributed by atoms with Crippen LogP contribution < -0.4 is 0 Å². The molecular formula is C12H17N. The lowest BCUT2D eigenvalue weighted by Crippen LogP contribution is -2.22. The molecule has 1 aliphatic rings. The normalized spacial score (nSPS) is 33.5. The molecule has 0 saturated carbocycles. The van der Waals surface area contributed by atoms with Gasteiger partial charge in [-0.25, -0.2) is 0 Å². The van der Waals surface area contributed by atoms with Crippen LogP contribution in [0.2, 0.25) is 0 Å². The van der Waals surface area contributed by atoms with Gasteiger partial charge in [0.2, 0.25) is 0 Å². The zero-order valence-corrected chi connectivity index (χ0v) is 8.35. The third-order valence-corrected chi connectivity index (χ3v) is 3.25. The first-order valence-corrected chi connectivity index (χ1v) is 5.08. The fourth-order valence-electron chi connectivity index (χ4n) is 2.08. The molecule has 13 heavy (non-hydrogen) atoms. The third kappa shape index (κ3) is 1.55. The summed E-state index contributed by atoms with van der Waals surface area (Å²) in [5.41, 5.74) is 0. The molecule has 0 N–H and O–H groups in total. The Bertz CT molecular complexity index is 284.